The Morgan fingerprint density at radius 2 is 2.21 bits per heavy atom. The van der Waals surface area contributed by atoms with Crippen molar-refractivity contribution in [2.24, 2.45) is 5.73 Å². The number of hydrogen-bond acceptors (Lipinski definition) is 5. The van der Waals surface area contributed by atoms with Crippen LogP contribution in [0, 0.1) is 0 Å². The largest absolute Gasteiger partial charge is 0.392 e. The van der Waals surface area contributed by atoms with Gasteiger partial charge in [-0.15, -0.1) is 0 Å². The summed E-state index contributed by atoms with van der Waals surface area (Å²) in [5, 5.41) is 22.2. The molecule has 0 aliphatic carbocycles. The first-order valence-electron chi connectivity index (χ1n) is 5.05. The topological polar surface area (TPSA) is 81.8 Å². The van der Waals surface area contributed by atoms with Crippen LogP contribution in [0.4, 0.5) is 0 Å². The van der Waals surface area contributed by atoms with Crippen molar-refractivity contribution < 1.29 is 10.2 Å². The predicted molar refractivity (Wildman–Crippen MR) is 55.0 cm³/mol. The Kier molecular flexibility index (Phi) is 4.28. The third-order valence-electron chi connectivity index (χ3n) is 2.46. The first kappa shape index (κ1) is 11.9. The molecule has 0 bridgehead atoms. The van der Waals surface area contributed by atoms with E-state index < -0.39 is 11.7 Å². The Morgan fingerprint density at radius 1 is 1.57 bits per heavy atom. The average Bonchev–Trinajstić information content (AvgIpc) is 2.02. The number of hydrogen-bond donors (Lipinski definition) is 4. The van der Waals surface area contributed by atoms with Gasteiger partial charge in [-0.25, -0.2) is 0 Å². The van der Waals surface area contributed by atoms with Crippen LogP contribution in [0.15, 0.2) is 0 Å². The maximum absolute atomic E-state index is 9.81. The highest BCUT2D eigenvalue weighted by Crippen LogP contribution is 2.17. The highest BCUT2D eigenvalue weighted by molar-refractivity contribution is 4.95. The lowest BCUT2D eigenvalue weighted by Gasteiger charge is -2.44. The van der Waals surface area contributed by atoms with Gasteiger partial charge in [0.2, 0.25) is 0 Å². The second-order valence-corrected chi connectivity index (χ2v) is 4.26. The number of aliphatic hydroxyl groups is 2. The first-order chi connectivity index (χ1) is 6.56. The molecule has 5 N–H and O–H groups in total. The van der Waals surface area contributed by atoms with E-state index in [9.17, 15) is 10.2 Å². The van der Waals surface area contributed by atoms with E-state index in [0.717, 1.165) is 0 Å². The second kappa shape index (κ2) is 5.04. The van der Waals surface area contributed by atoms with E-state index in [1.165, 1.54) is 0 Å². The van der Waals surface area contributed by atoms with Crippen molar-refractivity contribution >= 4 is 0 Å². The number of aliphatic hydroxyl groups excluding tert-OH is 1. The van der Waals surface area contributed by atoms with E-state index in [1.54, 1.807) is 0 Å². The zero-order valence-corrected chi connectivity index (χ0v) is 8.74. The molecule has 1 aliphatic heterocycles. The predicted octanol–water partition coefficient (Wildman–Crippen LogP) is -2.04. The smallest absolute Gasteiger partial charge is 0.102 e. The Hall–Kier alpha value is -0.200. The van der Waals surface area contributed by atoms with Gasteiger partial charge in [0.1, 0.15) is 5.60 Å². The quantitative estimate of drug-likeness (QED) is 0.400. The summed E-state index contributed by atoms with van der Waals surface area (Å²) in [5.74, 6) is 0. The standard InChI is InChI=1S/C9H21N3O2/c1-12-6-9(14,7-12)5-11-4-8(13)2-3-10/h8,11,13-14H,2-7,10H2,1H3. The summed E-state index contributed by atoms with van der Waals surface area (Å²) in [6.07, 6.45) is 0.201. The molecule has 0 aromatic heterocycles. The van der Waals surface area contributed by atoms with Crippen molar-refractivity contribution in [2.75, 3.05) is 39.8 Å². The average molecular weight is 203 g/mol. The third-order valence-corrected chi connectivity index (χ3v) is 2.46. The summed E-state index contributed by atoms with van der Waals surface area (Å²) in [6.45, 7) is 2.94. The maximum atomic E-state index is 9.81. The van der Waals surface area contributed by atoms with Gasteiger partial charge in [-0.05, 0) is 20.0 Å². The fourth-order valence-electron chi connectivity index (χ4n) is 1.84. The van der Waals surface area contributed by atoms with E-state index >= 15 is 0 Å². The molecule has 1 unspecified atom stereocenters. The zero-order valence-electron chi connectivity index (χ0n) is 8.74. The normalized spacial score (nSPS) is 23.1. The Labute approximate surface area is 84.9 Å². The lowest BCUT2D eigenvalue weighted by atomic mass is 9.95. The van der Waals surface area contributed by atoms with Crippen molar-refractivity contribution in [1.29, 1.82) is 0 Å². The van der Waals surface area contributed by atoms with Crippen LogP contribution in [0.25, 0.3) is 0 Å². The molecular weight excluding hydrogens is 182 g/mol. The minimum absolute atomic E-state index is 0.401. The molecule has 0 radical (unpaired) electrons. The van der Waals surface area contributed by atoms with E-state index in [4.69, 9.17) is 5.73 Å². The van der Waals surface area contributed by atoms with Gasteiger partial charge in [0, 0.05) is 26.2 Å². The highest BCUT2D eigenvalue weighted by Gasteiger charge is 2.38. The molecule has 5 nitrogen and oxygen atoms in total. The molecule has 5 heteroatoms. The van der Waals surface area contributed by atoms with Crippen molar-refractivity contribution in [3.05, 3.63) is 0 Å². The van der Waals surface area contributed by atoms with Gasteiger partial charge in [0.15, 0.2) is 0 Å². The summed E-state index contributed by atoms with van der Waals surface area (Å²) < 4.78 is 0. The van der Waals surface area contributed by atoms with Crippen LogP contribution in [-0.2, 0) is 0 Å². The van der Waals surface area contributed by atoms with Crippen LogP contribution in [0.2, 0.25) is 0 Å². The van der Waals surface area contributed by atoms with Crippen LogP contribution in [0.3, 0.4) is 0 Å². The summed E-state index contributed by atoms with van der Waals surface area (Å²) in [6, 6.07) is 0. The fourth-order valence-corrected chi connectivity index (χ4v) is 1.84. The van der Waals surface area contributed by atoms with Gasteiger partial charge in [0.25, 0.3) is 0 Å². The molecule has 84 valence electrons. The van der Waals surface area contributed by atoms with Gasteiger partial charge in [-0.3, -0.25) is 0 Å². The number of β-amino-alcohol motifs (C(OH)–C–C–N with tert-alkyl or cyclic N) is 1. The molecular formula is C9H21N3O2. The summed E-state index contributed by atoms with van der Waals surface area (Å²) in [5.41, 5.74) is 4.70. The number of rotatable bonds is 6. The number of nitrogens with one attached hydrogen (secondary N) is 1. The number of nitrogens with two attached hydrogens (primary N) is 1. The lowest BCUT2D eigenvalue weighted by molar-refractivity contribution is -0.0840. The number of likely N-dealkylation sites (tertiary alicyclic amines) is 1. The summed E-state index contributed by atoms with van der Waals surface area (Å²) in [4.78, 5) is 2.05. The summed E-state index contributed by atoms with van der Waals surface area (Å²) in [7, 11) is 1.97. The van der Waals surface area contributed by atoms with Gasteiger partial charge in [-0.2, -0.15) is 0 Å². The van der Waals surface area contributed by atoms with E-state index in [-0.39, 0.29) is 0 Å². The summed E-state index contributed by atoms with van der Waals surface area (Å²) >= 11 is 0. The molecule has 1 atom stereocenters. The SMILES string of the molecule is CN1CC(O)(CNCC(O)CCN)C1. The van der Waals surface area contributed by atoms with Crippen molar-refractivity contribution in [1.82, 2.24) is 10.2 Å². The lowest BCUT2D eigenvalue weighted by Crippen LogP contribution is -2.64. The van der Waals surface area contributed by atoms with Crippen molar-refractivity contribution in [3.8, 4) is 0 Å². The van der Waals surface area contributed by atoms with Gasteiger partial charge < -0.3 is 26.2 Å². The number of likely N-dealkylation sites (N-methyl/N-ethyl adjacent to an activating group) is 1. The fraction of sp³-hybridized carbons (Fsp3) is 1.00. The highest BCUT2D eigenvalue weighted by atomic mass is 16.3. The molecule has 1 aliphatic rings. The molecule has 0 saturated carbocycles. The van der Waals surface area contributed by atoms with E-state index in [0.29, 0.717) is 39.1 Å². The monoisotopic (exact) mass is 203 g/mol. The van der Waals surface area contributed by atoms with Crippen molar-refractivity contribution in [3.63, 3.8) is 0 Å². The second-order valence-electron chi connectivity index (χ2n) is 4.26. The molecule has 1 fully saturated rings. The minimum Gasteiger partial charge on any atom is -0.392 e. The van der Waals surface area contributed by atoms with Gasteiger partial charge in [0.05, 0.1) is 6.10 Å². The number of nitrogens with zero attached hydrogens (tertiary/aromatic N) is 1. The van der Waals surface area contributed by atoms with Gasteiger partial charge >= 0.3 is 0 Å². The molecule has 1 heterocycles. The van der Waals surface area contributed by atoms with Crippen LogP contribution in [0.1, 0.15) is 6.42 Å². The first-order valence-corrected chi connectivity index (χ1v) is 5.05. The molecule has 0 aromatic rings. The van der Waals surface area contributed by atoms with Crippen LogP contribution < -0.4 is 11.1 Å². The molecule has 0 amide bonds. The van der Waals surface area contributed by atoms with Gasteiger partial charge in [-0.1, -0.05) is 0 Å². The van der Waals surface area contributed by atoms with E-state index in [1.807, 2.05) is 7.05 Å². The Bertz CT molecular complexity index is 171. The zero-order chi connectivity index (χ0) is 10.6. The molecule has 1 saturated heterocycles. The molecule has 1 rings (SSSR count). The molecule has 14 heavy (non-hydrogen) atoms. The molecule has 0 aromatic carbocycles. The van der Waals surface area contributed by atoms with E-state index in [2.05, 4.69) is 10.2 Å². The van der Waals surface area contributed by atoms with Crippen LogP contribution in [0.5, 0.6) is 0 Å². The Morgan fingerprint density at radius 3 is 2.71 bits per heavy atom. The third kappa shape index (κ3) is 3.51. The Balaban J connectivity index is 2.04. The van der Waals surface area contributed by atoms with Crippen LogP contribution in [-0.4, -0.2) is 66.6 Å². The van der Waals surface area contributed by atoms with Crippen LogP contribution >= 0.6 is 0 Å². The maximum Gasteiger partial charge on any atom is 0.102 e. The molecule has 0 spiro atoms. The van der Waals surface area contributed by atoms with Crippen molar-refractivity contribution in [2.45, 2.75) is 18.1 Å². The minimum atomic E-state index is -0.600.